The van der Waals surface area contributed by atoms with Crippen molar-refractivity contribution in [3.05, 3.63) is 40.4 Å². The van der Waals surface area contributed by atoms with E-state index in [4.69, 9.17) is 9.47 Å². The predicted molar refractivity (Wildman–Crippen MR) is 99.7 cm³/mol. The molecule has 2 aromatic rings. The molecule has 0 aliphatic carbocycles. The Kier molecular flexibility index (Phi) is 6.54. The van der Waals surface area contributed by atoms with E-state index in [9.17, 15) is 4.79 Å². The number of methoxy groups -OCH3 is 1. The third-order valence-corrected chi connectivity index (χ3v) is 5.31. The van der Waals surface area contributed by atoms with Gasteiger partial charge >= 0.3 is 0 Å². The van der Waals surface area contributed by atoms with Crippen LogP contribution in [0.3, 0.4) is 0 Å². The van der Waals surface area contributed by atoms with E-state index in [1.807, 2.05) is 19.1 Å². The number of morpholine rings is 1. The summed E-state index contributed by atoms with van der Waals surface area (Å²) in [7, 11) is 1.66. The van der Waals surface area contributed by atoms with Crippen LogP contribution in [0.15, 0.2) is 24.3 Å². The van der Waals surface area contributed by atoms with Gasteiger partial charge in [-0.1, -0.05) is 23.5 Å². The first-order valence-electron chi connectivity index (χ1n) is 8.78. The van der Waals surface area contributed by atoms with Gasteiger partial charge in [-0.05, 0) is 35.6 Å². The van der Waals surface area contributed by atoms with Crippen LogP contribution in [0.4, 0.5) is 0 Å². The molecule has 0 radical (unpaired) electrons. The van der Waals surface area contributed by atoms with Crippen LogP contribution in [0, 0.1) is 0 Å². The highest BCUT2D eigenvalue weighted by Crippen LogP contribution is 2.24. The van der Waals surface area contributed by atoms with Gasteiger partial charge in [0.25, 0.3) is 5.91 Å². The SMILES string of the molecule is CCc1nnsc1C(=O)NC[C@H](c1ccc(OC)cc1)N1CCOCC1. The number of rotatable bonds is 7. The number of ether oxygens (including phenoxy) is 2. The molecule has 0 saturated carbocycles. The third-order valence-electron chi connectivity index (χ3n) is 4.54. The average Bonchev–Trinajstić information content (AvgIpc) is 3.18. The van der Waals surface area contributed by atoms with Crippen LogP contribution in [-0.2, 0) is 11.2 Å². The van der Waals surface area contributed by atoms with Crippen LogP contribution < -0.4 is 10.1 Å². The Morgan fingerprint density at radius 3 is 2.73 bits per heavy atom. The van der Waals surface area contributed by atoms with E-state index in [-0.39, 0.29) is 11.9 Å². The number of aromatic nitrogens is 2. The second-order valence-corrected chi connectivity index (χ2v) is 6.80. The van der Waals surface area contributed by atoms with Gasteiger partial charge in [-0.15, -0.1) is 5.10 Å². The van der Waals surface area contributed by atoms with Crippen molar-refractivity contribution in [2.45, 2.75) is 19.4 Å². The molecule has 1 amide bonds. The minimum atomic E-state index is -0.108. The molecule has 3 rings (SSSR count). The van der Waals surface area contributed by atoms with Gasteiger partial charge in [-0.2, -0.15) is 0 Å². The second kappa shape index (κ2) is 9.07. The zero-order chi connectivity index (χ0) is 18.4. The summed E-state index contributed by atoms with van der Waals surface area (Å²) in [5.41, 5.74) is 1.89. The van der Waals surface area contributed by atoms with Crippen LogP contribution >= 0.6 is 11.5 Å². The number of benzene rings is 1. The van der Waals surface area contributed by atoms with Gasteiger partial charge in [0.15, 0.2) is 0 Å². The maximum Gasteiger partial charge on any atom is 0.265 e. The molecule has 140 valence electrons. The van der Waals surface area contributed by atoms with Gasteiger partial charge in [-0.25, -0.2) is 0 Å². The fourth-order valence-corrected chi connectivity index (χ4v) is 3.72. The van der Waals surface area contributed by atoms with Crippen molar-refractivity contribution in [3.63, 3.8) is 0 Å². The van der Waals surface area contributed by atoms with Gasteiger partial charge in [0.2, 0.25) is 0 Å². The summed E-state index contributed by atoms with van der Waals surface area (Å²) in [5, 5.41) is 7.08. The van der Waals surface area contributed by atoms with E-state index in [1.54, 1.807) is 7.11 Å². The normalized spacial score (nSPS) is 16.2. The van der Waals surface area contributed by atoms with Gasteiger partial charge < -0.3 is 14.8 Å². The Morgan fingerprint density at radius 2 is 2.08 bits per heavy atom. The molecule has 26 heavy (non-hydrogen) atoms. The molecule has 8 heteroatoms. The van der Waals surface area contributed by atoms with Gasteiger partial charge in [0.1, 0.15) is 10.6 Å². The van der Waals surface area contributed by atoms with E-state index < -0.39 is 0 Å². The highest BCUT2D eigenvalue weighted by atomic mass is 32.1. The summed E-state index contributed by atoms with van der Waals surface area (Å²) in [6, 6.07) is 8.09. The fraction of sp³-hybridized carbons (Fsp3) is 0.500. The lowest BCUT2D eigenvalue weighted by molar-refractivity contribution is 0.0162. The van der Waals surface area contributed by atoms with Gasteiger partial charge in [0.05, 0.1) is 32.1 Å². The van der Waals surface area contributed by atoms with Crippen LogP contribution in [0.5, 0.6) is 5.75 Å². The Labute approximate surface area is 157 Å². The lowest BCUT2D eigenvalue weighted by Gasteiger charge is -2.35. The zero-order valence-electron chi connectivity index (χ0n) is 15.1. The number of carbonyl (C=O) groups is 1. The van der Waals surface area contributed by atoms with E-state index in [0.29, 0.717) is 31.1 Å². The van der Waals surface area contributed by atoms with Crippen LogP contribution in [0.2, 0.25) is 0 Å². The lowest BCUT2D eigenvalue weighted by atomic mass is 10.0. The molecule has 1 fully saturated rings. The van der Waals surface area contributed by atoms with Crippen molar-refractivity contribution >= 4 is 17.4 Å². The summed E-state index contributed by atoms with van der Waals surface area (Å²) in [4.78, 5) is 15.5. The number of carbonyl (C=O) groups excluding carboxylic acids is 1. The van der Waals surface area contributed by atoms with Crippen molar-refractivity contribution < 1.29 is 14.3 Å². The van der Waals surface area contributed by atoms with Crippen LogP contribution in [0.25, 0.3) is 0 Å². The fourth-order valence-electron chi connectivity index (χ4n) is 3.06. The first kappa shape index (κ1) is 18.8. The molecule has 1 saturated heterocycles. The number of hydrogen-bond donors (Lipinski definition) is 1. The smallest absolute Gasteiger partial charge is 0.265 e. The number of aryl methyl sites for hydroxylation is 1. The molecule has 1 N–H and O–H groups in total. The van der Waals surface area contributed by atoms with Crippen molar-refractivity contribution in [2.24, 2.45) is 0 Å². The Morgan fingerprint density at radius 1 is 1.35 bits per heavy atom. The predicted octanol–water partition coefficient (Wildman–Crippen LogP) is 1.91. The van der Waals surface area contributed by atoms with Crippen LogP contribution in [0.1, 0.15) is 33.9 Å². The monoisotopic (exact) mass is 376 g/mol. The summed E-state index contributed by atoms with van der Waals surface area (Å²) < 4.78 is 14.6. The maximum absolute atomic E-state index is 12.6. The minimum Gasteiger partial charge on any atom is -0.497 e. The van der Waals surface area contributed by atoms with Crippen molar-refractivity contribution in [3.8, 4) is 5.75 Å². The summed E-state index contributed by atoms with van der Waals surface area (Å²) in [6.07, 6.45) is 0.699. The van der Waals surface area contributed by atoms with E-state index >= 15 is 0 Å². The van der Waals surface area contributed by atoms with Crippen molar-refractivity contribution in [1.29, 1.82) is 0 Å². The topological polar surface area (TPSA) is 76.6 Å². The Balaban J connectivity index is 1.73. The highest BCUT2D eigenvalue weighted by molar-refractivity contribution is 7.08. The zero-order valence-corrected chi connectivity index (χ0v) is 15.9. The molecule has 2 heterocycles. The number of hydrogen-bond acceptors (Lipinski definition) is 7. The summed E-state index contributed by atoms with van der Waals surface area (Å²) >= 11 is 1.15. The average molecular weight is 376 g/mol. The van der Waals surface area contributed by atoms with E-state index in [1.165, 1.54) is 0 Å². The molecular weight excluding hydrogens is 352 g/mol. The molecular formula is C18H24N4O3S. The van der Waals surface area contributed by atoms with E-state index in [2.05, 4.69) is 31.9 Å². The first-order chi connectivity index (χ1) is 12.7. The molecule has 0 unspecified atom stereocenters. The molecule has 1 aliphatic heterocycles. The maximum atomic E-state index is 12.6. The van der Waals surface area contributed by atoms with Gasteiger partial charge in [-0.3, -0.25) is 9.69 Å². The molecule has 0 bridgehead atoms. The molecule has 0 spiro atoms. The van der Waals surface area contributed by atoms with Crippen molar-refractivity contribution in [1.82, 2.24) is 19.8 Å². The second-order valence-electron chi connectivity index (χ2n) is 6.05. The molecule has 1 aliphatic rings. The number of nitrogens with zero attached hydrogens (tertiary/aromatic N) is 3. The molecule has 7 nitrogen and oxygen atoms in total. The molecule has 1 aromatic heterocycles. The quantitative estimate of drug-likeness (QED) is 0.796. The largest absolute Gasteiger partial charge is 0.497 e. The van der Waals surface area contributed by atoms with Crippen molar-refractivity contribution in [2.75, 3.05) is 40.0 Å². The number of amides is 1. The van der Waals surface area contributed by atoms with E-state index in [0.717, 1.165) is 41.6 Å². The molecule has 1 aromatic carbocycles. The summed E-state index contributed by atoms with van der Waals surface area (Å²) in [5.74, 6) is 0.713. The Bertz CT molecular complexity index is 713. The summed E-state index contributed by atoms with van der Waals surface area (Å²) in [6.45, 7) is 5.59. The highest BCUT2D eigenvalue weighted by Gasteiger charge is 2.24. The number of nitrogens with one attached hydrogen (secondary N) is 1. The first-order valence-corrected chi connectivity index (χ1v) is 9.55. The third kappa shape index (κ3) is 4.38. The van der Waals surface area contributed by atoms with Crippen LogP contribution in [-0.4, -0.2) is 60.4 Å². The lowest BCUT2D eigenvalue weighted by Crippen LogP contribution is -2.43. The Hall–Kier alpha value is -2.03. The standard InChI is InChI=1S/C18H24N4O3S/c1-3-15-17(26-21-20-15)18(23)19-12-16(22-8-10-25-11-9-22)13-4-6-14(24-2)7-5-13/h4-7,16H,3,8-12H2,1-2H3,(H,19,23)/t16-/m1/s1. The minimum absolute atomic E-state index is 0.0831. The molecule has 1 atom stereocenters. The van der Waals surface area contributed by atoms with Gasteiger partial charge in [0, 0.05) is 19.6 Å².